The van der Waals surface area contributed by atoms with E-state index in [2.05, 4.69) is 54.3 Å². The SMILES string of the molecule is CCN(CC(C)N)c1cccc2ccccc12. The van der Waals surface area contributed by atoms with Crippen LogP contribution in [0.25, 0.3) is 10.8 Å². The van der Waals surface area contributed by atoms with Crippen LogP contribution in [0.1, 0.15) is 13.8 Å². The van der Waals surface area contributed by atoms with E-state index in [9.17, 15) is 0 Å². The van der Waals surface area contributed by atoms with Gasteiger partial charge >= 0.3 is 0 Å². The van der Waals surface area contributed by atoms with E-state index in [1.807, 2.05) is 6.92 Å². The molecule has 0 fully saturated rings. The van der Waals surface area contributed by atoms with Crippen molar-refractivity contribution >= 4 is 16.5 Å². The Hall–Kier alpha value is -1.54. The van der Waals surface area contributed by atoms with E-state index >= 15 is 0 Å². The van der Waals surface area contributed by atoms with Gasteiger partial charge in [0.1, 0.15) is 0 Å². The third-order valence-electron chi connectivity index (χ3n) is 3.00. The lowest BCUT2D eigenvalue weighted by Crippen LogP contribution is -2.35. The van der Waals surface area contributed by atoms with Gasteiger partial charge in [-0.25, -0.2) is 0 Å². The molecule has 0 amide bonds. The molecule has 0 heterocycles. The molecule has 0 saturated carbocycles. The van der Waals surface area contributed by atoms with Gasteiger partial charge in [0, 0.05) is 30.2 Å². The molecule has 0 spiro atoms. The first kappa shape index (κ1) is 11.9. The molecule has 0 aliphatic heterocycles. The van der Waals surface area contributed by atoms with Crippen molar-refractivity contribution in [2.24, 2.45) is 5.73 Å². The van der Waals surface area contributed by atoms with E-state index < -0.39 is 0 Å². The summed E-state index contributed by atoms with van der Waals surface area (Å²) in [7, 11) is 0. The van der Waals surface area contributed by atoms with Crippen molar-refractivity contribution in [3.05, 3.63) is 42.5 Å². The molecular formula is C15H20N2. The molecule has 0 saturated heterocycles. The molecule has 1 unspecified atom stereocenters. The van der Waals surface area contributed by atoms with Crippen molar-refractivity contribution in [1.29, 1.82) is 0 Å². The highest BCUT2D eigenvalue weighted by molar-refractivity contribution is 5.94. The minimum absolute atomic E-state index is 0.189. The summed E-state index contributed by atoms with van der Waals surface area (Å²) in [6.07, 6.45) is 0. The van der Waals surface area contributed by atoms with E-state index in [0.717, 1.165) is 13.1 Å². The van der Waals surface area contributed by atoms with Crippen molar-refractivity contribution in [1.82, 2.24) is 0 Å². The number of nitrogens with two attached hydrogens (primary N) is 1. The van der Waals surface area contributed by atoms with Crippen LogP contribution in [-0.4, -0.2) is 19.1 Å². The van der Waals surface area contributed by atoms with E-state index in [0.29, 0.717) is 0 Å². The smallest absolute Gasteiger partial charge is 0.0446 e. The maximum absolute atomic E-state index is 5.91. The lowest BCUT2D eigenvalue weighted by Gasteiger charge is -2.26. The number of nitrogens with zero attached hydrogens (tertiary/aromatic N) is 1. The fourth-order valence-corrected chi connectivity index (χ4v) is 2.23. The number of hydrogen-bond acceptors (Lipinski definition) is 2. The number of likely N-dealkylation sites (N-methyl/N-ethyl adjacent to an activating group) is 1. The molecule has 2 nitrogen and oxygen atoms in total. The van der Waals surface area contributed by atoms with Gasteiger partial charge in [-0.1, -0.05) is 36.4 Å². The van der Waals surface area contributed by atoms with Gasteiger partial charge in [-0.3, -0.25) is 0 Å². The summed E-state index contributed by atoms with van der Waals surface area (Å²) in [5.74, 6) is 0. The number of anilines is 1. The Morgan fingerprint density at radius 3 is 2.53 bits per heavy atom. The van der Waals surface area contributed by atoms with Crippen molar-refractivity contribution in [3.63, 3.8) is 0 Å². The summed E-state index contributed by atoms with van der Waals surface area (Å²) in [6.45, 7) is 6.10. The average molecular weight is 228 g/mol. The van der Waals surface area contributed by atoms with Gasteiger partial charge in [-0.2, -0.15) is 0 Å². The second kappa shape index (κ2) is 5.19. The Morgan fingerprint density at radius 1 is 1.12 bits per heavy atom. The highest BCUT2D eigenvalue weighted by Crippen LogP contribution is 2.26. The lowest BCUT2D eigenvalue weighted by atomic mass is 10.1. The topological polar surface area (TPSA) is 29.3 Å². The Kier molecular flexibility index (Phi) is 3.64. The van der Waals surface area contributed by atoms with Crippen LogP contribution in [0.2, 0.25) is 0 Å². The molecule has 2 heteroatoms. The van der Waals surface area contributed by atoms with E-state index in [1.54, 1.807) is 0 Å². The molecule has 0 aromatic heterocycles. The zero-order valence-electron chi connectivity index (χ0n) is 10.6. The number of hydrogen-bond donors (Lipinski definition) is 1. The zero-order valence-corrected chi connectivity index (χ0v) is 10.6. The van der Waals surface area contributed by atoms with Crippen molar-refractivity contribution in [2.75, 3.05) is 18.0 Å². The summed E-state index contributed by atoms with van der Waals surface area (Å²) >= 11 is 0. The Balaban J connectivity index is 2.46. The molecule has 0 aliphatic carbocycles. The summed E-state index contributed by atoms with van der Waals surface area (Å²) in [5, 5.41) is 2.59. The summed E-state index contributed by atoms with van der Waals surface area (Å²) in [4.78, 5) is 2.34. The Morgan fingerprint density at radius 2 is 1.82 bits per heavy atom. The first-order valence-corrected chi connectivity index (χ1v) is 6.20. The van der Waals surface area contributed by atoms with Crippen LogP contribution in [-0.2, 0) is 0 Å². The van der Waals surface area contributed by atoms with Crippen LogP contribution in [0.4, 0.5) is 5.69 Å². The second-order valence-corrected chi connectivity index (χ2v) is 4.51. The number of benzene rings is 2. The van der Waals surface area contributed by atoms with Crippen LogP contribution >= 0.6 is 0 Å². The molecule has 90 valence electrons. The van der Waals surface area contributed by atoms with Gasteiger partial charge in [0.25, 0.3) is 0 Å². The molecule has 2 aromatic carbocycles. The first-order valence-electron chi connectivity index (χ1n) is 6.20. The minimum Gasteiger partial charge on any atom is -0.370 e. The normalized spacial score (nSPS) is 12.6. The Bertz CT molecular complexity index is 486. The summed E-state index contributed by atoms with van der Waals surface area (Å²) < 4.78 is 0. The first-order chi connectivity index (χ1) is 8.22. The Labute approximate surface area is 103 Å². The van der Waals surface area contributed by atoms with Crippen LogP contribution in [0.5, 0.6) is 0 Å². The number of rotatable bonds is 4. The molecule has 1 atom stereocenters. The molecule has 0 bridgehead atoms. The maximum Gasteiger partial charge on any atom is 0.0446 e. The second-order valence-electron chi connectivity index (χ2n) is 4.51. The third-order valence-corrected chi connectivity index (χ3v) is 3.00. The molecule has 2 aromatic rings. The van der Waals surface area contributed by atoms with Crippen LogP contribution in [0.15, 0.2) is 42.5 Å². The van der Waals surface area contributed by atoms with Gasteiger partial charge in [0.2, 0.25) is 0 Å². The van der Waals surface area contributed by atoms with Gasteiger partial charge < -0.3 is 10.6 Å². The van der Waals surface area contributed by atoms with Crippen LogP contribution in [0, 0.1) is 0 Å². The van der Waals surface area contributed by atoms with Gasteiger partial charge in [0.05, 0.1) is 0 Å². The molecule has 17 heavy (non-hydrogen) atoms. The van der Waals surface area contributed by atoms with Crippen molar-refractivity contribution in [2.45, 2.75) is 19.9 Å². The molecule has 2 rings (SSSR count). The average Bonchev–Trinajstić information content (AvgIpc) is 2.35. The predicted molar refractivity (Wildman–Crippen MR) is 75.5 cm³/mol. The van der Waals surface area contributed by atoms with Gasteiger partial charge in [-0.15, -0.1) is 0 Å². The monoisotopic (exact) mass is 228 g/mol. The minimum atomic E-state index is 0.189. The number of fused-ring (bicyclic) bond motifs is 1. The van der Waals surface area contributed by atoms with Crippen molar-refractivity contribution in [3.8, 4) is 0 Å². The van der Waals surface area contributed by atoms with E-state index in [4.69, 9.17) is 5.73 Å². The highest BCUT2D eigenvalue weighted by Gasteiger charge is 2.09. The summed E-state index contributed by atoms with van der Waals surface area (Å²) in [6, 6.07) is 15.1. The van der Waals surface area contributed by atoms with E-state index in [-0.39, 0.29) is 6.04 Å². The summed E-state index contributed by atoms with van der Waals surface area (Å²) in [5.41, 5.74) is 7.19. The van der Waals surface area contributed by atoms with Crippen molar-refractivity contribution < 1.29 is 0 Å². The van der Waals surface area contributed by atoms with Gasteiger partial charge in [0.15, 0.2) is 0 Å². The molecule has 2 N–H and O–H groups in total. The molecular weight excluding hydrogens is 208 g/mol. The van der Waals surface area contributed by atoms with Crippen LogP contribution in [0.3, 0.4) is 0 Å². The lowest BCUT2D eigenvalue weighted by molar-refractivity contribution is 0.691. The fraction of sp³-hybridized carbons (Fsp3) is 0.333. The maximum atomic E-state index is 5.91. The van der Waals surface area contributed by atoms with E-state index in [1.165, 1.54) is 16.5 Å². The third kappa shape index (κ3) is 2.59. The zero-order chi connectivity index (χ0) is 12.3. The fourth-order valence-electron chi connectivity index (χ4n) is 2.23. The largest absolute Gasteiger partial charge is 0.370 e. The molecule has 0 aliphatic rings. The quantitative estimate of drug-likeness (QED) is 0.871. The van der Waals surface area contributed by atoms with Crippen LogP contribution < -0.4 is 10.6 Å². The highest BCUT2D eigenvalue weighted by atomic mass is 15.1. The standard InChI is InChI=1S/C15H20N2/c1-3-17(11-12(2)16)15-10-6-8-13-7-4-5-9-14(13)15/h4-10,12H,3,11,16H2,1-2H3. The van der Waals surface area contributed by atoms with Gasteiger partial charge in [-0.05, 0) is 25.3 Å². The predicted octanol–water partition coefficient (Wildman–Crippen LogP) is 3.01. The molecule has 0 radical (unpaired) electrons.